The Labute approximate surface area is 137 Å². The Hall–Kier alpha value is -2.14. The lowest BCUT2D eigenvalue weighted by Crippen LogP contribution is -2.09. The topological polar surface area (TPSA) is 35.5 Å². The Morgan fingerprint density at radius 1 is 1.22 bits per heavy atom. The van der Waals surface area contributed by atoms with Crippen molar-refractivity contribution in [3.8, 4) is 5.75 Å². The van der Waals surface area contributed by atoms with Crippen LogP contribution in [0.1, 0.15) is 28.4 Å². The molecule has 3 nitrogen and oxygen atoms in total. The molecule has 0 N–H and O–H groups in total. The molecule has 2 aromatic carbocycles. The molecule has 2 rings (SSSR count). The Morgan fingerprint density at radius 3 is 2.61 bits per heavy atom. The number of halogens is 3. The molecule has 0 spiro atoms. The maximum atomic E-state index is 14.0. The zero-order valence-electron chi connectivity index (χ0n) is 12.7. The van der Waals surface area contributed by atoms with E-state index in [1.54, 1.807) is 19.1 Å². The van der Waals surface area contributed by atoms with Crippen LogP contribution in [0.4, 0.5) is 8.78 Å². The highest BCUT2D eigenvalue weighted by Gasteiger charge is 2.18. The average molecular weight is 341 g/mol. The van der Waals surface area contributed by atoms with Gasteiger partial charge in [0.25, 0.3) is 0 Å². The van der Waals surface area contributed by atoms with E-state index in [2.05, 4.69) is 0 Å². The molecule has 0 saturated carbocycles. The molecule has 0 aliphatic rings. The second kappa shape index (κ2) is 7.42. The molecule has 0 amide bonds. The van der Waals surface area contributed by atoms with E-state index in [-0.39, 0.29) is 29.4 Å². The van der Waals surface area contributed by atoms with Crippen LogP contribution in [0.3, 0.4) is 0 Å². The Morgan fingerprint density at radius 2 is 1.96 bits per heavy atom. The average Bonchev–Trinajstić information content (AvgIpc) is 2.53. The second-order valence-corrected chi connectivity index (χ2v) is 5.16. The van der Waals surface area contributed by atoms with E-state index in [1.165, 1.54) is 19.2 Å². The third kappa shape index (κ3) is 3.79. The van der Waals surface area contributed by atoms with Gasteiger partial charge >= 0.3 is 5.97 Å². The van der Waals surface area contributed by atoms with Gasteiger partial charge in [-0.25, -0.2) is 13.6 Å². The second-order valence-electron chi connectivity index (χ2n) is 4.75. The van der Waals surface area contributed by atoms with E-state index in [0.29, 0.717) is 11.1 Å². The van der Waals surface area contributed by atoms with Crippen LogP contribution in [-0.2, 0) is 11.2 Å². The van der Waals surface area contributed by atoms with Gasteiger partial charge in [0.05, 0.1) is 24.3 Å². The largest absolute Gasteiger partial charge is 0.496 e. The molecule has 122 valence electrons. The number of hydrogen-bond donors (Lipinski definition) is 0. The maximum Gasteiger partial charge on any atom is 0.341 e. The van der Waals surface area contributed by atoms with Crippen molar-refractivity contribution in [1.29, 1.82) is 0 Å². The standard InChI is InChI=1S/C17H15ClF2O3/c1-3-23-17(21)12-8-11(15(22-2)9-14(12)19)7-10-5-4-6-13(18)16(10)20/h4-6,8-9H,3,7H2,1-2H3. The number of esters is 1. The van der Waals surface area contributed by atoms with Crippen LogP contribution < -0.4 is 4.74 Å². The van der Waals surface area contributed by atoms with Gasteiger partial charge in [-0.1, -0.05) is 23.7 Å². The summed E-state index contributed by atoms with van der Waals surface area (Å²) in [7, 11) is 1.37. The zero-order chi connectivity index (χ0) is 17.0. The van der Waals surface area contributed by atoms with E-state index >= 15 is 0 Å². The van der Waals surface area contributed by atoms with Crippen LogP contribution in [0.15, 0.2) is 30.3 Å². The summed E-state index contributed by atoms with van der Waals surface area (Å²) in [5.74, 6) is -1.87. The SMILES string of the molecule is CCOC(=O)c1cc(Cc2cccc(Cl)c2F)c(OC)cc1F. The molecule has 0 saturated heterocycles. The van der Waals surface area contributed by atoms with Gasteiger partial charge in [0, 0.05) is 12.5 Å². The Kier molecular flexibility index (Phi) is 5.55. The lowest BCUT2D eigenvalue weighted by molar-refractivity contribution is 0.0521. The fourth-order valence-corrected chi connectivity index (χ4v) is 2.38. The van der Waals surface area contributed by atoms with Crippen molar-refractivity contribution in [2.45, 2.75) is 13.3 Å². The molecule has 0 atom stereocenters. The molecule has 0 fully saturated rings. The third-order valence-electron chi connectivity index (χ3n) is 3.28. The van der Waals surface area contributed by atoms with Gasteiger partial charge in [0.2, 0.25) is 0 Å². The first kappa shape index (κ1) is 17.2. The molecule has 0 unspecified atom stereocenters. The molecule has 0 aliphatic carbocycles. The van der Waals surface area contributed by atoms with Crippen molar-refractivity contribution in [1.82, 2.24) is 0 Å². The zero-order valence-corrected chi connectivity index (χ0v) is 13.4. The van der Waals surface area contributed by atoms with Crippen molar-refractivity contribution >= 4 is 17.6 Å². The number of carbonyl (C=O) groups is 1. The molecular formula is C17H15ClF2O3. The molecule has 2 aromatic rings. The maximum absolute atomic E-state index is 14.0. The number of rotatable bonds is 5. The van der Waals surface area contributed by atoms with Crippen molar-refractivity contribution in [2.24, 2.45) is 0 Å². The minimum atomic E-state index is -0.777. The molecule has 6 heteroatoms. The fourth-order valence-electron chi connectivity index (χ4n) is 2.18. The molecule has 0 bridgehead atoms. The summed E-state index contributed by atoms with van der Waals surface area (Å²) in [5.41, 5.74) is 0.556. The van der Waals surface area contributed by atoms with Gasteiger partial charge in [-0.3, -0.25) is 0 Å². The van der Waals surface area contributed by atoms with E-state index in [0.717, 1.165) is 6.07 Å². The Balaban J connectivity index is 2.46. The monoisotopic (exact) mass is 340 g/mol. The van der Waals surface area contributed by atoms with Crippen LogP contribution in [0, 0.1) is 11.6 Å². The quantitative estimate of drug-likeness (QED) is 0.757. The Bertz CT molecular complexity index is 732. The van der Waals surface area contributed by atoms with Gasteiger partial charge in [0.15, 0.2) is 0 Å². The first-order valence-corrected chi connectivity index (χ1v) is 7.32. The summed E-state index contributed by atoms with van der Waals surface area (Å²) < 4.78 is 38.0. The highest BCUT2D eigenvalue weighted by atomic mass is 35.5. The molecular weight excluding hydrogens is 326 g/mol. The van der Waals surface area contributed by atoms with Gasteiger partial charge in [-0.15, -0.1) is 0 Å². The lowest BCUT2D eigenvalue weighted by atomic mass is 10.0. The molecule has 0 aromatic heterocycles. The van der Waals surface area contributed by atoms with Crippen LogP contribution >= 0.6 is 11.6 Å². The highest BCUT2D eigenvalue weighted by Crippen LogP contribution is 2.28. The number of ether oxygens (including phenoxy) is 2. The summed E-state index contributed by atoms with van der Waals surface area (Å²) in [4.78, 5) is 11.8. The molecule has 23 heavy (non-hydrogen) atoms. The van der Waals surface area contributed by atoms with E-state index in [1.807, 2.05) is 0 Å². The first-order chi connectivity index (χ1) is 11.0. The molecule has 0 heterocycles. The first-order valence-electron chi connectivity index (χ1n) is 6.94. The van der Waals surface area contributed by atoms with E-state index < -0.39 is 17.6 Å². The summed E-state index contributed by atoms with van der Waals surface area (Å²) in [5, 5.41) is -0.00538. The summed E-state index contributed by atoms with van der Waals surface area (Å²) in [6, 6.07) is 7.01. The van der Waals surface area contributed by atoms with E-state index in [9.17, 15) is 13.6 Å². The van der Waals surface area contributed by atoms with Crippen molar-refractivity contribution in [3.63, 3.8) is 0 Å². The molecule has 0 aliphatic heterocycles. The normalized spacial score (nSPS) is 10.5. The predicted molar refractivity (Wildman–Crippen MR) is 83.1 cm³/mol. The minimum Gasteiger partial charge on any atom is -0.496 e. The highest BCUT2D eigenvalue weighted by molar-refractivity contribution is 6.30. The van der Waals surface area contributed by atoms with Gasteiger partial charge in [0.1, 0.15) is 17.4 Å². The van der Waals surface area contributed by atoms with Crippen molar-refractivity contribution < 1.29 is 23.0 Å². The summed E-state index contributed by atoms with van der Waals surface area (Å²) in [6.07, 6.45) is 0.0995. The number of benzene rings is 2. The van der Waals surface area contributed by atoms with E-state index in [4.69, 9.17) is 21.1 Å². The smallest absolute Gasteiger partial charge is 0.341 e. The summed E-state index contributed by atoms with van der Waals surface area (Å²) in [6.45, 7) is 1.75. The van der Waals surface area contributed by atoms with Crippen LogP contribution in [0.2, 0.25) is 5.02 Å². The number of carbonyl (C=O) groups excluding carboxylic acids is 1. The number of methoxy groups -OCH3 is 1. The fraction of sp³-hybridized carbons (Fsp3) is 0.235. The lowest BCUT2D eigenvalue weighted by Gasteiger charge is -2.12. The third-order valence-corrected chi connectivity index (χ3v) is 3.57. The van der Waals surface area contributed by atoms with Gasteiger partial charge < -0.3 is 9.47 Å². The van der Waals surface area contributed by atoms with Gasteiger partial charge in [-0.2, -0.15) is 0 Å². The van der Waals surface area contributed by atoms with Crippen LogP contribution in [0.25, 0.3) is 0 Å². The van der Waals surface area contributed by atoms with Crippen molar-refractivity contribution in [2.75, 3.05) is 13.7 Å². The minimum absolute atomic E-state index is 0.00538. The predicted octanol–water partition coefficient (Wildman–Crippen LogP) is 4.39. The van der Waals surface area contributed by atoms with Gasteiger partial charge in [-0.05, 0) is 30.2 Å². The van der Waals surface area contributed by atoms with Crippen LogP contribution in [-0.4, -0.2) is 19.7 Å². The van der Waals surface area contributed by atoms with Crippen LogP contribution in [0.5, 0.6) is 5.75 Å². The molecule has 0 radical (unpaired) electrons. The number of hydrogen-bond acceptors (Lipinski definition) is 3. The summed E-state index contributed by atoms with van der Waals surface area (Å²) >= 11 is 5.76. The van der Waals surface area contributed by atoms with Crippen molar-refractivity contribution in [3.05, 3.63) is 63.7 Å².